The Morgan fingerprint density at radius 2 is 1.87 bits per heavy atom. The van der Waals surface area contributed by atoms with Gasteiger partial charge in [0.05, 0.1) is 22.8 Å². The van der Waals surface area contributed by atoms with Crippen molar-refractivity contribution in [2.45, 2.75) is 0 Å². The third-order valence-electron chi connectivity index (χ3n) is 5.21. The summed E-state index contributed by atoms with van der Waals surface area (Å²) >= 11 is 5.84. The first kappa shape index (κ1) is 20.7. The molecular formula is C21H22ClF2N5O. The predicted molar refractivity (Wildman–Crippen MR) is 115 cm³/mol. The summed E-state index contributed by atoms with van der Waals surface area (Å²) in [6, 6.07) is 7.45. The van der Waals surface area contributed by atoms with Crippen molar-refractivity contribution in [3.8, 4) is 0 Å². The number of nitrogens with zero attached hydrogens (tertiary/aromatic N) is 4. The van der Waals surface area contributed by atoms with E-state index in [1.54, 1.807) is 19.2 Å². The summed E-state index contributed by atoms with van der Waals surface area (Å²) in [5.74, 6) is -0.409. The fourth-order valence-corrected chi connectivity index (χ4v) is 3.73. The molecule has 1 aromatic heterocycles. The van der Waals surface area contributed by atoms with Gasteiger partial charge in [-0.25, -0.2) is 18.7 Å². The number of rotatable bonds is 6. The summed E-state index contributed by atoms with van der Waals surface area (Å²) in [5, 5.41) is 3.60. The van der Waals surface area contributed by atoms with E-state index in [0.717, 1.165) is 32.7 Å². The molecule has 0 spiro atoms. The topological polar surface area (TPSA) is 53.5 Å². The number of nitrogens with one attached hydrogen (secondary N) is 1. The van der Waals surface area contributed by atoms with Gasteiger partial charge in [-0.05, 0) is 30.3 Å². The van der Waals surface area contributed by atoms with Gasteiger partial charge in [0.25, 0.3) is 0 Å². The van der Waals surface area contributed by atoms with Gasteiger partial charge in [-0.2, -0.15) is 0 Å². The van der Waals surface area contributed by atoms with Gasteiger partial charge in [-0.3, -0.25) is 4.90 Å². The summed E-state index contributed by atoms with van der Waals surface area (Å²) in [5.41, 5.74) is 1.71. The number of halogens is 3. The van der Waals surface area contributed by atoms with E-state index in [4.69, 9.17) is 16.3 Å². The Labute approximate surface area is 178 Å². The first-order chi connectivity index (χ1) is 14.5. The quantitative estimate of drug-likeness (QED) is 0.632. The number of benzene rings is 2. The highest BCUT2D eigenvalue weighted by Gasteiger charge is 2.21. The van der Waals surface area contributed by atoms with Gasteiger partial charge in [-0.1, -0.05) is 11.6 Å². The molecule has 0 unspecified atom stereocenters. The normalized spacial score (nSPS) is 15.0. The van der Waals surface area contributed by atoms with E-state index < -0.39 is 5.82 Å². The van der Waals surface area contributed by atoms with Crippen LogP contribution in [0.25, 0.3) is 10.9 Å². The lowest BCUT2D eigenvalue weighted by molar-refractivity contribution is 0.144. The zero-order valence-corrected chi connectivity index (χ0v) is 17.3. The number of methoxy groups -OCH3 is 1. The lowest BCUT2D eigenvalue weighted by atomic mass is 10.1. The molecule has 1 aliphatic rings. The molecule has 6 nitrogen and oxygen atoms in total. The van der Waals surface area contributed by atoms with Gasteiger partial charge >= 0.3 is 0 Å². The molecule has 0 radical (unpaired) electrons. The van der Waals surface area contributed by atoms with Gasteiger partial charge in [0.1, 0.15) is 23.8 Å². The largest absolute Gasteiger partial charge is 0.383 e. The second kappa shape index (κ2) is 9.07. The minimum Gasteiger partial charge on any atom is -0.383 e. The minimum atomic E-state index is -0.507. The van der Waals surface area contributed by atoms with Crippen LogP contribution < -0.4 is 10.2 Å². The second-order valence-electron chi connectivity index (χ2n) is 7.12. The van der Waals surface area contributed by atoms with Crippen molar-refractivity contribution in [1.29, 1.82) is 0 Å². The first-order valence-corrected chi connectivity index (χ1v) is 10.1. The predicted octanol–water partition coefficient (Wildman–Crippen LogP) is 4.07. The highest BCUT2D eigenvalue weighted by atomic mass is 35.5. The molecule has 1 saturated heterocycles. The molecule has 2 aromatic carbocycles. The summed E-state index contributed by atoms with van der Waals surface area (Å²) in [6.07, 6.45) is 1.42. The van der Waals surface area contributed by atoms with E-state index >= 15 is 4.39 Å². The molecule has 0 saturated carbocycles. The van der Waals surface area contributed by atoms with Crippen molar-refractivity contribution in [3.63, 3.8) is 0 Å². The fourth-order valence-electron chi connectivity index (χ4n) is 3.55. The highest BCUT2D eigenvalue weighted by Crippen LogP contribution is 2.31. The Kier molecular flexibility index (Phi) is 6.26. The number of piperazine rings is 1. The van der Waals surface area contributed by atoms with Gasteiger partial charge < -0.3 is 15.0 Å². The lowest BCUT2D eigenvalue weighted by Gasteiger charge is -2.36. The van der Waals surface area contributed by atoms with Crippen LogP contribution in [0.4, 0.5) is 26.0 Å². The van der Waals surface area contributed by atoms with Crippen LogP contribution in [0, 0.1) is 11.6 Å². The van der Waals surface area contributed by atoms with Crippen molar-refractivity contribution < 1.29 is 13.5 Å². The lowest BCUT2D eigenvalue weighted by Crippen LogP contribution is -2.47. The van der Waals surface area contributed by atoms with E-state index in [9.17, 15) is 4.39 Å². The minimum absolute atomic E-state index is 0.00327. The summed E-state index contributed by atoms with van der Waals surface area (Å²) in [6.45, 7) is 4.73. The van der Waals surface area contributed by atoms with E-state index in [1.165, 1.54) is 24.5 Å². The third kappa shape index (κ3) is 4.45. The maximum absolute atomic E-state index is 15.0. The van der Waals surface area contributed by atoms with Crippen LogP contribution >= 0.6 is 11.6 Å². The highest BCUT2D eigenvalue weighted by molar-refractivity contribution is 6.31. The summed E-state index contributed by atoms with van der Waals surface area (Å²) in [4.78, 5) is 12.9. The average Bonchev–Trinajstić information content (AvgIpc) is 2.75. The first-order valence-electron chi connectivity index (χ1n) is 9.67. The second-order valence-corrected chi connectivity index (χ2v) is 7.53. The van der Waals surface area contributed by atoms with Crippen LogP contribution in [0.2, 0.25) is 5.02 Å². The molecular weight excluding hydrogens is 412 g/mol. The molecule has 158 valence electrons. The fraction of sp³-hybridized carbons (Fsp3) is 0.333. The molecule has 4 rings (SSSR count). The van der Waals surface area contributed by atoms with Crippen molar-refractivity contribution in [2.75, 3.05) is 56.7 Å². The smallest absolute Gasteiger partial charge is 0.147 e. The van der Waals surface area contributed by atoms with Crippen LogP contribution in [0.15, 0.2) is 36.7 Å². The SMILES string of the molecule is COCCN1CCN(c2cc3ncnc(Nc4ccc(F)c(Cl)c4)c3cc2F)CC1. The molecule has 3 aromatic rings. The van der Waals surface area contributed by atoms with Crippen LogP contribution in [-0.2, 0) is 4.74 Å². The Morgan fingerprint density at radius 1 is 1.07 bits per heavy atom. The molecule has 0 amide bonds. The third-order valence-corrected chi connectivity index (χ3v) is 5.50. The Balaban J connectivity index is 1.57. The molecule has 9 heteroatoms. The zero-order valence-electron chi connectivity index (χ0n) is 16.5. The molecule has 0 aliphatic carbocycles. The van der Waals surface area contributed by atoms with E-state index in [-0.39, 0.29) is 10.8 Å². The number of hydrogen-bond acceptors (Lipinski definition) is 6. The standard InChI is InChI=1S/C21H22ClF2N5O/c1-30-9-8-28-4-6-29(7-5-28)20-12-19-15(11-18(20)24)21(26-13-25-19)27-14-2-3-17(23)16(22)10-14/h2-3,10-13H,4-9H2,1H3,(H,25,26,27). The number of ether oxygens (including phenoxy) is 1. The van der Waals surface area contributed by atoms with Crippen molar-refractivity contribution in [3.05, 3.63) is 53.3 Å². The summed E-state index contributed by atoms with van der Waals surface area (Å²) < 4.78 is 33.5. The molecule has 1 aliphatic heterocycles. The number of hydrogen-bond donors (Lipinski definition) is 1. The molecule has 1 fully saturated rings. The van der Waals surface area contributed by atoms with Gasteiger partial charge in [0.15, 0.2) is 0 Å². The van der Waals surface area contributed by atoms with Gasteiger partial charge in [-0.15, -0.1) is 0 Å². The Bertz CT molecular complexity index is 1040. The molecule has 30 heavy (non-hydrogen) atoms. The summed E-state index contributed by atoms with van der Waals surface area (Å²) in [7, 11) is 1.69. The average molecular weight is 434 g/mol. The molecule has 0 bridgehead atoms. The maximum atomic E-state index is 15.0. The number of fused-ring (bicyclic) bond motifs is 1. The van der Waals surface area contributed by atoms with Crippen LogP contribution in [0.3, 0.4) is 0 Å². The van der Waals surface area contributed by atoms with Crippen LogP contribution in [0.1, 0.15) is 0 Å². The van der Waals surface area contributed by atoms with Gasteiger partial charge in [0, 0.05) is 50.9 Å². The van der Waals surface area contributed by atoms with Crippen LogP contribution in [0.5, 0.6) is 0 Å². The van der Waals surface area contributed by atoms with Crippen LogP contribution in [-0.4, -0.2) is 61.3 Å². The monoisotopic (exact) mass is 433 g/mol. The Morgan fingerprint density at radius 3 is 2.60 bits per heavy atom. The maximum Gasteiger partial charge on any atom is 0.147 e. The van der Waals surface area contributed by atoms with E-state index in [0.29, 0.717) is 34.7 Å². The van der Waals surface area contributed by atoms with Crippen molar-refractivity contribution >= 4 is 39.7 Å². The van der Waals surface area contributed by atoms with Gasteiger partial charge in [0.2, 0.25) is 0 Å². The van der Waals surface area contributed by atoms with E-state index in [1.807, 2.05) is 4.90 Å². The van der Waals surface area contributed by atoms with Crippen molar-refractivity contribution in [1.82, 2.24) is 14.9 Å². The molecule has 0 atom stereocenters. The van der Waals surface area contributed by atoms with Crippen molar-refractivity contribution in [2.24, 2.45) is 0 Å². The Hall–Kier alpha value is -2.55. The molecule has 2 heterocycles. The van der Waals surface area contributed by atoms with E-state index in [2.05, 4.69) is 20.2 Å². The number of aromatic nitrogens is 2. The number of anilines is 3. The molecule has 1 N–H and O–H groups in total. The zero-order chi connectivity index (χ0) is 21.1.